The summed E-state index contributed by atoms with van der Waals surface area (Å²) in [5, 5.41) is 21.5. The maximum absolute atomic E-state index is 13.0. The first kappa shape index (κ1) is 91.0. The Morgan fingerprint density at radius 1 is 0.312 bits per heavy atom. The zero-order valence-electron chi connectivity index (χ0n) is 64.2. The highest BCUT2D eigenvalue weighted by Crippen LogP contribution is 2.46. The lowest BCUT2D eigenvalue weighted by atomic mass is 9.91. The van der Waals surface area contributed by atoms with Crippen LogP contribution in [0.4, 0.5) is 13.2 Å². The third kappa shape index (κ3) is 27.2. The molecule has 13 rings (SSSR count). The summed E-state index contributed by atoms with van der Waals surface area (Å²) in [5.74, 6) is 0. The summed E-state index contributed by atoms with van der Waals surface area (Å²) >= 11 is 0. The maximum atomic E-state index is 13.0. The molecule has 0 aromatic heterocycles. The number of halogens is 3. The highest BCUT2D eigenvalue weighted by molar-refractivity contribution is 5.37. The summed E-state index contributed by atoms with van der Waals surface area (Å²) in [5.41, 5.74) is 18.0. The van der Waals surface area contributed by atoms with Crippen LogP contribution in [0.1, 0.15) is 195 Å². The van der Waals surface area contributed by atoms with Crippen molar-refractivity contribution in [3.8, 4) is 0 Å². The zero-order chi connectivity index (χ0) is 76.0. The van der Waals surface area contributed by atoms with Crippen molar-refractivity contribution in [3.05, 3.63) is 429 Å². The van der Waals surface area contributed by atoms with Gasteiger partial charge in [0.25, 0.3) is 0 Å². The van der Waals surface area contributed by atoms with Gasteiger partial charge in [0.15, 0.2) is 0 Å². The second-order valence-corrected chi connectivity index (χ2v) is 28.8. The van der Waals surface area contributed by atoms with Gasteiger partial charge in [0.05, 0.1) is 60.6 Å². The Kier molecular flexibility index (Phi) is 38.0. The van der Waals surface area contributed by atoms with Crippen molar-refractivity contribution in [1.82, 2.24) is 41.7 Å². The van der Waals surface area contributed by atoms with Crippen LogP contribution in [-0.4, -0.2) is 42.6 Å². The topological polar surface area (TPSA) is 78.7 Å². The van der Waals surface area contributed by atoms with Gasteiger partial charge in [0, 0.05) is 38.3 Å². The normalized spacial score (nSPS) is 14.9. The van der Waals surface area contributed by atoms with E-state index in [0.29, 0.717) is 29.7 Å². The highest BCUT2D eigenvalue weighted by Gasteiger charge is 2.42. The fraction of sp³-hybridized carbons (Fsp3) is 0.287. The number of rotatable bonds is 27. The van der Waals surface area contributed by atoms with E-state index in [0.717, 1.165) is 50.0 Å². The number of hydrogen-bond donors (Lipinski definition) is 6. The van der Waals surface area contributed by atoms with Crippen molar-refractivity contribution < 1.29 is 13.2 Å². The number of benzene rings is 12. The van der Waals surface area contributed by atoms with E-state index < -0.39 is 11.7 Å². The van der Waals surface area contributed by atoms with Gasteiger partial charge >= 0.3 is 6.18 Å². The van der Waals surface area contributed by atoms with Gasteiger partial charge in [-0.1, -0.05) is 402 Å². The molecule has 1 aliphatic rings. The molecule has 0 spiro atoms. The smallest absolute Gasteiger partial charge is 0.311 e. The van der Waals surface area contributed by atoms with Gasteiger partial charge in [-0.3, -0.25) is 9.80 Å². The molecule has 0 saturated carbocycles. The second kappa shape index (κ2) is 46.8. The summed E-state index contributed by atoms with van der Waals surface area (Å²) in [6.45, 7) is 19.6. The lowest BCUT2D eigenvalue weighted by molar-refractivity contribution is -0.137. The minimum absolute atomic E-state index is 0. The molecule has 1 saturated heterocycles. The van der Waals surface area contributed by atoms with Gasteiger partial charge in [-0.05, 0) is 114 Å². The first-order valence-electron chi connectivity index (χ1n) is 38.1. The molecule has 12 aromatic rings. The molecule has 112 heavy (non-hydrogen) atoms. The highest BCUT2D eigenvalue weighted by atomic mass is 19.4. The summed E-state index contributed by atoms with van der Waals surface area (Å²) in [4.78, 5) is 5.26. The van der Waals surface area contributed by atoms with Gasteiger partial charge < -0.3 is 31.9 Å². The van der Waals surface area contributed by atoms with Crippen molar-refractivity contribution in [1.29, 1.82) is 0 Å². The molecule has 1 unspecified atom stereocenters. The van der Waals surface area contributed by atoms with Crippen LogP contribution < -0.4 is 31.9 Å². The molecule has 0 radical (unpaired) electrons. The average Bonchev–Trinajstić information content (AvgIpc) is 1.62. The lowest BCUT2D eigenvalue weighted by Gasteiger charge is -2.33. The van der Waals surface area contributed by atoms with E-state index in [4.69, 9.17) is 0 Å². The quantitative estimate of drug-likeness (QED) is 0.0304. The molecular weight excluding hydrogens is 1380 g/mol. The standard InChI is InChI=1S/C29H28N2.C28H28N2.C22H32N2.C18H21F3N2.4CH4/c1-5-13-24(14-6-1)21-30-23-31(22-25-15-7-2-8-16-25)29(27-19-11-4-12-20-27)28(30)26-17-9-3-10-18-26;1-5-13-23(14-6-1)21-29-27(25-17-9-3-10-18-25)28(26-19-11-4-12-20-26)30-22-24-15-7-2-8-16-24;1-15(2)23-21(19-11-7-17(5)8-12-19)22(24-16(3)4)20-13-9-18(6)10-14-20;1-12-6-4-7-13(10-12)16(22-2)17(23-3)14-8-5-9-15(11-14)18(19,20)21;;;;/h1-20,28-29H,21-23H2;1-20,27-30H,21-22H2;7-16,21-24H,1-6H3;4-11,16-17,22-23H,1-3H3;4*1H4/t28-,29?;27-,28-;21-,22-;16-,17-;;;;/m0000..../s1. The molecule has 6 N–H and O–H groups in total. The number of nitrogens with zero attached hydrogens (tertiary/aromatic N) is 2. The molecule has 0 aliphatic carbocycles. The first-order chi connectivity index (χ1) is 52.5. The van der Waals surface area contributed by atoms with E-state index in [-0.39, 0.29) is 66.0 Å². The van der Waals surface area contributed by atoms with Crippen LogP contribution in [-0.2, 0) is 32.4 Å². The number of hydrogen-bond acceptors (Lipinski definition) is 8. The third-order valence-electron chi connectivity index (χ3n) is 19.7. The second-order valence-electron chi connectivity index (χ2n) is 28.8. The average molecular weight is 1510 g/mol. The zero-order valence-corrected chi connectivity index (χ0v) is 64.2. The van der Waals surface area contributed by atoms with Crippen LogP contribution in [0.25, 0.3) is 0 Å². The Morgan fingerprint density at radius 2 is 0.607 bits per heavy atom. The number of likely N-dealkylation sites (N-methyl/N-ethyl adjacent to an activating group) is 2. The van der Waals surface area contributed by atoms with Gasteiger partial charge in [-0.15, -0.1) is 0 Å². The Morgan fingerprint density at radius 3 is 0.929 bits per heavy atom. The Balaban J connectivity index is 0.000000232. The number of nitrogens with one attached hydrogen (secondary N) is 6. The van der Waals surface area contributed by atoms with E-state index in [1.165, 1.54) is 78.9 Å². The van der Waals surface area contributed by atoms with Crippen LogP contribution in [0.2, 0.25) is 0 Å². The van der Waals surface area contributed by atoms with Gasteiger partial charge in [0.1, 0.15) is 0 Å². The molecule has 1 fully saturated rings. The first-order valence-corrected chi connectivity index (χ1v) is 38.1. The minimum Gasteiger partial charge on any atom is -0.311 e. The monoisotopic (exact) mass is 1510 g/mol. The predicted molar refractivity (Wildman–Crippen MR) is 470 cm³/mol. The molecule has 0 amide bonds. The molecule has 1 aliphatic heterocycles. The molecule has 11 heteroatoms. The predicted octanol–water partition coefficient (Wildman–Crippen LogP) is 24.4. The van der Waals surface area contributed by atoms with Crippen LogP contribution in [0.3, 0.4) is 0 Å². The molecular formula is C101H125F3N8. The van der Waals surface area contributed by atoms with Crippen molar-refractivity contribution in [3.63, 3.8) is 0 Å². The third-order valence-corrected chi connectivity index (χ3v) is 19.7. The van der Waals surface area contributed by atoms with Gasteiger partial charge in [-0.25, -0.2) is 0 Å². The summed E-state index contributed by atoms with van der Waals surface area (Å²) in [6, 6.07) is 119. The maximum Gasteiger partial charge on any atom is 0.416 e. The van der Waals surface area contributed by atoms with E-state index in [2.05, 4.69) is 374 Å². The van der Waals surface area contributed by atoms with E-state index in [1.54, 1.807) is 13.1 Å². The van der Waals surface area contributed by atoms with Crippen molar-refractivity contribution in [2.45, 2.75) is 171 Å². The molecule has 0 bridgehead atoms. The largest absolute Gasteiger partial charge is 0.416 e. The van der Waals surface area contributed by atoms with Crippen LogP contribution in [0, 0.1) is 20.8 Å². The summed E-state index contributed by atoms with van der Waals surface area (Å²) in [7, 11) is 3.57. The fourth-order valence-electron chi connectivity index (χ4n) is 14.5. The van der Waals surface area contributed by atoms with Gasteiger partial charge in [-0.2, -0.15) is 13.2 Å². The molecule has 8 atom stereocenters. The summed E-state index contributed by atoms with van der Waals surface area (Å²) in [6.07, 6.45) is -4.34. The molecule has 12 aromatic carbocycles. The van der Waals surface area contributed by atoms with Gasteiger partial charge in [0.2, 0.25) is 0 Å². The summed E-state index contributed by atoms with van der Waals surface area (Å²) < 4.78 is 38.9. The van der Waals surface area contributed by atoms with Crippen molar-refractivity contribution in [2.24, 2.45) is 0 Å². The van der Waals surface area contributed by atoms with Crippen molar-refractivity contribution in [2.75, 3.05) is 20.8 Å². The van der Waals surface area contributed by atoms with Crippen LogP contribution in [0.15, 0.2) is 340 Å². The Bertz CT molecular complexity index is 4230. The minimum atomic E-state index is -4.34. The Labute approximate surface area is 671 Å². The number of aryl methyl sites for hydroxylation is 3. The number of alkyl halides is 3. The van der Waals surface area contributed by atoms with E-state index in [9.17, 15) is 13.2 Å². The molecule has 1 heterocycles. The molecule has 8 nitrogen and oxygen atoms in total. The SMILES string of the molecule is C.C.C.C.CN[C@@H](c1cccc(C)c1)[C@@H](NC)c1cccc(C(F)(F)F)c1.Cc1ccc([C@H](NC(C)C)[C@@H](NC(C)C)c2ccc(C)cc2)cc1.c1ccc(CN2CN(Cc3ccccc3)[C@@H](c3ccccc3)C2c2ccccc2)cc1.c1ccc(CN[C@@H](c2ccccc2)[C@@H](NCc2ccccc2)c2ccccc2)cc1. The van der Waals surface area contributed by atoms with Crippen molar-refractivity contribution >= 4 is 0 Å². The molecule has 590 valence electrons. The van der Waals surface area contributed by atoms with E-state index in [1.807, 2.05) is 38.2 Å². The Hall–Kier alpha value is -9.89. The van der Waals surface area contributed by atoms with Crippen LogP contribution >= 0.6 is 0 Å². The van der Waals surface area contributed by atoms with Crippen LogP contribution in [0.5, 0.6) is 0 Å². The lowest BCUT2D eigenvalue weighted by Crippen LogP contribution is -2.40. The fourth-order valence-corrected chi connectivity index (χ4v) is 14.5. The van der Waals surface area contributed by atoms with E-state index >= 15 is 0 Å².